The molecular weight excluding hydrogens is 372 g/mol. The van der Waals surface area contributed by atoms with Crippen molar-refractivity contribution in [3.8, 4) is 0 Å². The lowest BCUT2D eigenvalue weighted by Gasteiger charge is -2.24. The van der Waals surface area contributed by atoms with Crippen molar-refractivity contribution in [2.45, 2.75) is 32.5 Å². The van der Waals surface area contributed by atoms with E-state index < -0.39 is 0 Å². The number of hydrogen-bond donors (Lipinski definition) is 1. The molecular formula is C22H27ClN4O. The topological polar surface area (TPSA) is 47.9 Å². The van der Waals surface area contributed by atoms with Crippen LogP contribution < -0.4 is 5.32 Å². The van der Waals surface area contributed by atoms with Crippen LogP contribution in [0.25, 0.3) is 0 Å². The Bertz CT molecular complexity index is 852. The molecule has 0 saturated carbocycles. The summed E-state index contributed by atoms with van der Waals surface area (Å²) in [6.07, 6.45) is 1.62. The fraction of sp³-hybridized carbons (Fsp3) is 0.364. The standard InChI is InChI=1S/C22H27ClN4O/c1-24-22(26(2)15-19-10-5-6-11-20(19)23)25-14-17-8-3-4-9-18(17)16-27-13-7-12-21(27)28/h3-6,8-11H,7,12-16H2,1-2H3,(H,24,25). The first-order chi connectivity index (χ1) is 13.6. The Morgan fingerprint density at radius 3 is 2.46 bits per heavy atom. The second-order valence-corrected chi connectivity index (χ2v) is 7.44. The average Bonchev–Trinajstić information content (AvgIpc) is 3.10. The highest BCUT2D eigenvalue weighted by Gasteiger charge is 2.21. The Labute approximate surface area is 172 Å². The van der Waals surface area contributed by atoms with E-state index in [9.17, 15) is 4.79 Å². The number of amides is 1. The second-order valence-electron chi connectivity index (χ2n) is 7.04. The SMILES string of the molecule is CN=C(NCc1ccccc1CN1CCCC1=O)N(C)Cc1ccccc1Cl. The number of aliphatic imine (C=N–C) groups is 1. The van der Waals surface area contributed by atoms with Gasteiger partial charge in [0.15, 0.2) is 5.96 Å². The third kappa shape index (κ3) is 5.04. The number of carbonyl (C=O) groups excluding carboxylic acids is 1. The van der Waals surface area contributed by atoms with Crippen molar-refractivity contribution in [3.05, 3.63) is 70.2 Å². The summed E-state index contributed by atoms with van der Waals surface area (Å²) in [5.74, 6) is 1.05. The maximum absolute atomic E-state index is 12.0. The number of rotatable bonds is 6. The molecule has 0 atom stereocenters. The minimum atomic E-state index is 0.248. The van der Waals surface area contributed by atoms with Gasteiger partial charge in [-0.3, -0.25) is 9.79 Å². The van der Waals surface area contributed by atoms with E-state index in [4.69, 9.17) is 11.6 Å². The smallest absolute Gasteiger partial charge is 0.222 e. The van der Waals surface area contributed by atoms with E-state index in [1.807, 2.05) is 53.2 Å². The van der Waals surface area contributed by atoms with E-state index in [2.05, 4.69) is 22.4 Å². The number of likely N-dealkylation sites (tertiary alicyclic amines) is 1. The lowest BCUT2D eigenvalue weighted by molar-refractivity contribution is -0.128. The number of benzene rings is 2. The normalized spacial score (nSPS) is 14.5. The number of carbonyl (C=O) groups is 1. The summed E-state index contributed by atoms with van der Waals surface area (Å²) in [6.45, 7) is 2.84. The largest absolute Gasteiger partial charge is 0.352 e. The molecule has 1 amide bonds. The van der Waals surface area contributed by atoms with E-state index in [0.29, 0.717) is 26.1 Å². The Kier molecular flexibility index (Phi) is 6.93. The molecule has 0 aliphatic carbocycles. The maximum Gasteiger partial charge on any atom is 0.222 e. The highest BCUT2D eigenvalue weighted by atomic mass is 35.5. The van der Waals surface area contributed by atoms with Crippen molar-refractivity contribution in [2.24, 2.45) is 4.99 Å². The monoisotopic (exact) mass is 398 g/mol. The molecule has 1 heterocycles. The summed E-state index contributed by atoms with van der Waals surface area (Å²) in [4.78, 5) is 20.4. The summed E-state index contributed by atoms with van der Waals surface area (Å²) in [7, 11) is 3.77. The Morgan fingerprint density at radius 2 is 1.82 bits per heavy atom. The van der Waals surface area contributed by atoms with E-state index in [-0.39, 0.29) is 5.91 Å². The highest BCUT2D eigenvalue weighted by Crippen LogP contribution is 2.18. The minimum absolute atomic E-state index is 0.248. The third-order valence-electron chi connectivity index (χ3n) is 5.03. The fourth-order valence-electron chi connectivity index (χ4n) is 3.48. The van der Waals surface area contributed by atoms with Crippen LogP contribution in [0.3, 0.4) is 0 Å². The van der Waals surface area contributed by atoms with E-state index in [1.54, 1.807) is 7.05 Å². The summed E-state index contributed by atoms with van der Waals surface area (Å²) in [5.41, 5.74) is 3.41. The van der Waals surface area contributed by atoms with Gasteiger partial charge in [-0.05, 0) is 29.2 Å². The Morgan fingerprint density at radius 1 is 1.14 bits per heavy atom. The van der Waals surface area contributed by atoms with Crippen LogP contribution in [0.15, 0.2) is 53.5 Å². The van der Waals surface area contributed by atoms with E-state index >= 15 is 0 Å². The summed E-state index contributed by atoms with van der Waals surface area (Å²) in [5, 5.41) is 4.19. The van der Waals surface area contributed by atoms with Gasteiger partial charge in [0.05, 0.1) is 0 Å². The lowest BCUT2D eigenvalue weighted by Crippen LogP contribution is -2.38. The van der Waals surface area contributed by atoms with Gasteiger partial charge >= 0.3 is 0 Å². The first-order valence-electron chi connectivity index (χ1n) is 9.58. The van der Waals surface area contributed by atoms with Crippen molar-refractivity contribution >= 4 is 23.5 Å². The third-order valence-corrected chi connectivity index (χ3v) is 5.40. The van der Waals surface area contributed by atoms with Crippen molar-refractivity contribution in [2.75, 3.05) is 20.6 Å². The predicted molar refractivity (Wildman–Crippen MR) is 114 cm³/mol. The minimum Gasteiger partial charge on any atom is -0.352 e. The van der Waals surface area contributed by atoms with Gasteiger partial charge in [0.2, 0.25) is 5.91 Å². The molecule has 1 N–H and O–H groups in total. The summed E-state index contributed by atoms with van der Waals surface area (Å²) >= 11 is 6.28. The molecule has 0 aromatic heterocycles. The molecule has 0 radical (unpaired) electrons. The van der Waals surface area contributed by atoms with Gasteiger partial charge < -0.3 is 15.1 Å². The van der Waals surface area contributed by atoms with Crippen molar-refractivity contribution in [3.63, 3.8) is 0 Å². The van der Waals surface area contributed by atoms with Crippen molar-refractivity contribution in [1.29, 1.82) is 0 Å². The summed E-state index contributed by atoms with van der Waals surface area (Å²) < 4.78 is 0. The zero-order valence-corrected chi connectivity index (χ0v) is 17.2. The lowest BCUT2D eigenvalue weighted by atomic mass is 10.1. The first kappa shape index (κ1) is 20.2. The van der Waals surface area contributed by atoms with E-state index in [1.165, 1.54) is 11.1 Å². The average molecular weight is 399 g/mol. The zero-order valence-electron chi connectivity index (χ0n) is 16.5. The molecule has 2 aromatic carbocycles. The molecule has 0 bridgehead atoms. The van der Waals surface area contributed by atoms with Crippen LogP contribution in [0.2, 0.25) is 5.02 Å². The van der Waals surface area contributed by atoms with Gasteiger partial charge in [-0.25, -0.2) is 0 Å². The zero-order chi connectivity index (χ0) is 19.9. The van der Waals surface area contributed by atoms with Crippen LogP contribution >= 0.6 is 11.6 Å². The molecule has 0 unspecified atom stereocenters. The maximum atomic E-state index is 12.0. The van der Waals surface area contributed by atoms with Gasteiger partial charge in [-0.2, -0.15) is 0 Å². The molecule has 6 heteroatoms. The van der Waals surface area contributed by atoms with Crippen molar-refractivity contribution < 1.29 is 4.79 Å². The number of halogens is 1. The molecule has 148 valence electrons. The number of nitrogens with zero attached hydrogens (tertiary/aromatic N) is 3. The molecule has 1 aliphatic heterocycles. The molecule has 1 fully saturated rings. The van der Waals surface area contributed by atoms with Crippen LogP contribution in [0.5, 0.6) is 0 Å². The van der Waals surface area contributed by atoms with E-state index in [0.717, 1.165) is 29.5 Å². The molecule has 5 nitrogen and oxygen atoms in total. The number of guanidine groups is 1. The van der Waals surface area contributed by atoms with Gasteiger partial charge in [-0.15, -0.1) is 0 Å². The van der Waals surface area contributed by atoms with Gasteiger partial charge in [0, 0.05) is 51.7 Å². The molecule has 1 aliphatic rings. The van der Waals surface area contributed by atoms with Crippen molar-refractivity contribution in [1.82, 2.24) is 15.1 Å². The molecule has 1 saturated heterocycles. The highest BCUT2D eigenvalue weighted by molar-refractivity contribution is 6.31. The first-order valence-corrected chi connectivity index (χ1v) is 9.96. The van der Waals surface area contributed by atoms with Crippen LogP contribution in [0.4, 0.5) is 0 Å². The van der Waals surface area contributed by atoms with Crippen LogP contribution in [-0.2, 0) is 24.4 Å². The van der Waals surface area contributed by atoms with Crippen LogP contribution in [-0.4, -0.2) is 42.3 Å². The fourth-order valence-corrected chi connectivity index (χ4v) is 3.67. The molecule has 2 aromatic rings. The Balaban J connectivity index is 1.63. The quantitative estimate of drug-likeness (QED) is 0.596. The Hall–Kier alpha value is -2.53. The van der Waals surface area contributed by atoms with Crippen LogP contribution in [0.1, 0.15) is 29.5 Å². The summed E-state index contributed by atoms with van der Waals surface area (Å²) in [6, 6.07) is 16.1. The second kappa shape index (κ2) is 9.60. The van der Waals surface area contributed by atoms with Gasteiger partial charge in [0.1, 0.15) is 0 Å². The van der Waals surface area contributed by atoms with Gasteiger partial charge in [0.25, 0.3) is 0 Å². The number of nitrogens with one attached hydrogen (secondary N) is 1. The molecule has 3 rings (SSSR count). The van der Waals surface area contributed by atoms with Gasteiger partial charge in [-0.1, -0.05) is 54.1 Å². The number of hydrogen-bond acceptors (Lipinski definition) is 2. The molecule has 0 spiro atoms. The van der Waals surface area contributed by atoms with Crippen LogP contribution in [0, 0.1) is 0 Å². The predicted octanol–water partition coefficient (Wildman–Crippen LogP) is 3.67. The molecule has 28 heavy (non-hydrogen) atoms.